The molecule has 0 aliphatic heterocycles. The minimum absolute atomic E-state index is 0.0545. The summed E-state index contributed by atoms with van der Waals surface area (Å²) in [5.74, 6) is -0.848. The first kappa shape index (κ1) is 28.6. The van der Waals surface area contributed by atoms with E-state index in [0.717, 1.165) is 36.2 Å². The van der Waals surface area contributed by atoms with Gasteiger partial charge in [0.05, 0.1) is 11.9 Å². The highest BCUT2D eigenvalue weighted by molar-refractivity contribution is 7.92. The van der Waals surface area contributed by atoms with Crippen LogP contribution in [-0.2, 0) is 26.2 Å². The Balaban J connectivity index is 1.97. The standard InChI is InChI=1S/C25H30Cl3N3O4S/c1-3-23(25(33)29-18-9-4-5-10-18)30(15-20-21(27)12-7-13-22(20)28)24(32)16-31(36(2,34)35)19-11-6-8-17(26)14-19/h6-8,11-14,18,23H,3-5,9-10,15-16H2,1-2H3,(H,29,33)/t23-/m1/s1. The van der Waals surface area contributed by atoms with E-state index in [4.69, 9.17) is 34.8 Å². The van der Waals surface area contributed by atoms with E-state index in [9.17, 15) is 18.0 Å². The minimum atomic E-state index is -3.85. The minimum Gasteiger partial charge on any atom is -0.352 e. The van der Waals surface area contributed by atoms with Gasteiger partial charge in [-0.15, -0.1) is 0 Å². The molecular formula is C25H30Cl3N3O4S. The first-order chi connectivity index (χ1) is 17.0. The summed E-state index contributed by atoms with van der Waals surface area (Å²) in [6.07, 6.45) is 5.21. The number of carbonyl (C=O) groups excluding carboxylic acids is 2. The van der Waals surface area contributed by atoms with Crippen LogP contribution in [0.15, 0.2) is 42.5 Å². The molecular weight excluding hydrogens is 545 g/mol. The molecule has 0 saturated heterocycles. The third-order valence-corrected chi connectivity index (χ3v) is 8.34. The monoisotopic (exact) mass is 573 g/mol. The maximum Gasteiger partial charge on any atom is 0.244 e. The van der Waals surface area contributed by atoms with Gasteiger partial charge < -0.3 is 10.2 Å². The number of anilines is 1. The highest BCUT2D eigenvalue weighted by Crippen LogP contribution is 2.28. The SMILES string of the molecule is CC[C@H](C(=O)NC1CCCC1)N(Cc1c(Cl)cccc1Cl)C(=O)CN(c1cccc(Cl)c1)S(C)(=O)=O. The topological polar surface area (TPSA) is 86.8 Å². The molecule has 0 heterocycles. The second kappa shape index (κ2) is 12.5. The molecule has 7 nitrogen and oxygen atoms in total. The van der Waals surface area contributed by atoms with Crippen LogP contribution in [0.1, 0.15) is 44.6 Å². The summed E-state index contributed by atoms with van der Waals surface area (Å²) in [5.41, 5.74) is 0.729. The van der Waals surface area contributed by atoms with Crippen molar-refractivity contribution < 1.29 is 18.0 Å². The fourth-order valence-electron chi connectivity index (χ4n) is 4.39. The van der Waals surface area contributed by atoms with Crippen LogP contribution in [0.4, 0.5) is 5.69 Å². The van der Waals surface area contributed by atoms with Crippen molar-refractivity contribution >= 4 is 62.3 Å². The maximum atomic E-state index is 13.7. The van der Waals surface area contributed by atoms with Crippen LogP contribution < -0.4 is 9.62 Å². The largest absolute Gasteiger partial charge is 0.352 e. The van der Waals surface area contributed by atoms with Crippen LogP contribution in [0.3, 0.4) is 0 Å². The Hall–Kier alpha value is -2.00. The van der Waals surface area contributed by atoms with E-state index in [0.29, 0.717) is 27.1 Å². The molecule has 0 unspecified atom stereocenters. The highest BCUT2D eigenvalue weighted by Gasteiger charge is 2.33. The van der Waals surface area contributed by atoms with Gasteiger partial charge in [0.2, 0.25) is 21.8 Å². The second-order valence-electron chi connectivity index (χ2n) is 8.89. The molecule has 1 saturated carbocycles. The average molecular weight is 575 g/mol. The first-order valence-electron chi connectivity index (χ1n) is 11.8. The molecule has 0 aromatic heterocycles. The Kier molecular flexibility index (Phi) is 9.92. The van der Waals surface area contributed by atoms with E-state index in [1.807, 2.05) is 0 Å². The number of nitrogens with one attached hydrogen (secondary N) is 1. The molecule has 0 radical (unpaired) electrons. The van der Waals surface area contributed by atoms with E-state index in [-0.39, 0.29) is 24.2 Å². The van der Waals surface area contributed by atoms with E-state index in [1.54, 1.807) is 43.3 Å². The summed E-state index contributed by atoms with van der Waals surface area (Å²) in [6, 6.07) is 10.5. The Morgan fingerprint density at radius 3 is 2.22 bits per heavy atom. The van der Waals surface area contributed by atoms with Crippen LogP contribution >= 0.6 is 34.8 Å². The van der Waals surface area contributed by atoms with Gasteiger partial charge in [-0.1, -0.05) is 66.7 Å². The third kappa shape index (κ3) is 7.28. The lowest BCUT2D eigenvalue weighted by Gasteiger charge is -2.33. The molecule has 1 aliphatic rings. The highest BCUT2D eigenvalue weighted by atomic mass is 35.5. The van der Waals surface area contributed by atoms with E-state index >= 15 is 0 Å². The number of rotatable bonds is 10. The van der Waals surface area contributed by atoms with E-state index in [1.165, 1.54) is 11.0 Å². The third-order valence-electron chi connectivity index (χ3n) is 6.25. The van der Waals surface area contributed by atoms with Gasteiger partial charge in [0.1, 0.15) is 12.6 Å². The lowest BCUT2D eigenvalue weighted by Crippen LogP contribution is -2.53. The molecule has 2 aromatic carbocycles. The van der Waals surface area contributed by atoms with Gasteiger partial charge in [-0.2, -0.15) is 0 Å². The molecule has 36 heavy (non-hydrogen) atoms. The van der Waals surface area contributed by atoms with Crippen molar-refractivity contribution in [2.75, 3.05) is 17.1 Å². The lowest BCUT2D eigenvalue weighted by atomic mass is 10.1. The molecule has 3 rings (SSSR count). The normalized spacial score (nSPS) is 14.9. The predicted molar refractivity (Wildman–Crippen MR) is 145 cm³/mol. The van der Waals surface area contributed by atoms with Gasteiger partial charge in [-0.05, 0) is 49.6 Å². The van der Waals surface area contributed by atoms with Gasteiger partial charge in [-0.3, -0.25) is 13.9 Å². The lowest BCUT2D eigenvalue weighted by molar-refractivity contribution is -0.140. The van der Waals surface area contributed by atoms with Crippen LogP contribution in [0.5, 0.6) is 0 Å². The number of sulfonamides is 1. The molecule has 2 amide bonds. The molecule has 1 atom stereocenters. The Bertz CT molecular complexity index is 1180. The summed E-state index contributed by atoms with van der Waals surface area (Å²) >= 11 is 18.9. The van der Waals surface area contributed by atoms with Crippen LogP contribution in [-0.4, -0.2) is 50.0 Å². The van der Waals surface area contributed by atoms with Crippen LogP contribution in [0.2, 0.25) is 15.1 Å². The fraction of sp³-hybridized carbons (Fsp3) is 0.440. The zero-order valence-corrected chi connectivity index (χ0v) is 23.3. The van der Waals surface area contributed by atoms with Gasteiger partial charge in [-0.25, -0.2) is 8.42 Å². The van der Waals surface area contributed by atoms with Gasteiger partial charge in [0.25, 0.3) is 0 Å². The number of amides is 2. The van der Waals surface area contributed by atoms with Crippen molar-refractivity contribution in [2.24, 2.45) is 0 Å². The molecule has 2 aromatic rings. The Labute approximate surface area is 227 Å². The van der Waals surface area contributed by atoms with Crippen molar-refractivity contribution in [3.63, 3.8) is 0 Å². The van der Waals surface area contributed by atoms with Crippen molar-refractivity contribution in [1.29, 1.82) is 0 Å². The van der Waals surface area contributed by atoms with Crippen LogP contribution in [0.25, 0.3) is 0 Å². The number of carbonyl (C=O) groups is 2. The number of nitrogens with zero attached hydrogens (tertiary/aromatic N) is 2. The van der Waals surface area contributed by atoms with Crippen LogP contribution in [0, 0.1) is 0 Å². The zero-order chi connectivity index (χ0) is 26.5. The summed E-state index contributed by atoms with van der Waals surface area (Å²) in [7, 11) is -3.85. The summed E-state index contributed by atoms with van der Waals surface area (Å²) in [5, 5.41) is 4.08. The number of halogens is 3. The number of hydrogen-bond donors (Lipinski definition) is 1. The van der Waals surface area contributed by atoms with Gasteiger partial charge >= 0.3 is 0 Å². The predicted octanol–water partition coefficient (Wildman–Crippen LogP) is 5.28. The summed E-state index contributed by atoms with van der Waals surface area (Å²) in [4.78, 5) is 28.4. The first-order valence-corrected chi connectivity index (χ1v) is 14.8. The van der Waals surface area contributed by atoms with Crippen molar-refractivity contribution in [2.45, 2.75) is 57.7 Å². The molecule has 196 valence electrons. The molecule has 1 fully saturated rings. The smallest absolute Gasteiger partial charge is 0.244 e. The maximum absolute atomic E-state index is 13.7. The Morgan fingerprint density at radius 2 is 1.67 bits per heavy atom. The molecule has 0 bridgehead atoms. The van der Waals surface area contributed by atoms with Gasteiger partial charge in [0, 0.05) is 33.2 Å². The van der Waals surface area contributed by atoms with E-state index < -0.39 is 28.5 Å². The molecule has 1 N–H and O–H groups in total. The zero-order valence-electron chi connectivity index (χ0n) is 20.2. The van der Waals surface area contributed by atoms with E-state index in [2.05, 4.69) is 5.32 Å². The van der Waals surface area contributed by atoms with Crippen molar-refractivity contribution in [3.8, 4) is 0 Å². The molecule has 1 aliphatic carbocycles. The average Bonchev–Trinajstić information content (AvgIpc) is 3.31. The fourth-order valence-corrected chi connectivity index (χ4v) is 5.93. The quantitative estimate of drug-likeness (QED) is 0.418. The summed E-state index contributed by atoms with van der Waals surface area (Å²) in [6.45, 7) is 1.23. The molecule has 0 spiro atoms. The molecule has 11 heteroatoms. The Morgan fingerprint density at radius 1 is 1.06 bits per heavy atom. The van der Waals surface area contributed by atoms with Crippen molar-refractivity contribution in [3.05, 3.63) is 63.1 Å². The second-order valence-corrected chi connectivity index (χ2v) is 12.0. The van der Waals surface area contributed by atoms with Crippen molar-refractivity contribution in [1.82, 2.24) is 10.2 Å². The summed E-state index contributed by atoms with van der Waals surface area (Å²) < 4.78 is 26.3. The number of hydrogen-bond acceptors (Lipinski definition) is 4. The number of benzene rings is 2. The van der Waals surface area contributed by atoms with Gasteiger partial charge in [0.15, 0.2) is 0 Å².